The maximum Gasteiger partial charge on any atom is 0.416 e. The van der Waals surface area contributed by atoms with E-state index in [1.807, 2.05) is 0 Å². The van der Waals surface area contributed by atoms with E-state index in [0.29, 0.717) is 4.47 Å². The molecule has 0 unspecified atom stereocenters. The highest BCUT2D eigenvalue weighted by atomic mass is 79.9. The summed E-state index contributed by atoms with van der Waals surface area (Å²) in [5, 5.41) is 0. The van der Waals surface area contributed by atoms with Crippen molar-refractivity contribution in [1.82, 2.24) is 0 Å². The normalized spacial score (nSPS) is 12.7. The van der Waals surface area contributed by atoms with Crippen molar-refractivity contribution in [2.24, 2.45) is 5.73 Å². The minimum Gasteiger partial charge on any atom is -0.496 e. The Labute approximate surface area is 106 Å². The fourth-order valence-corrected chi connectivity index (χ4v) is 1.98. The van der Waals surface area contributed by atoms with Crippen LogP contribution in [0.15, 0.2) is 16.6 Å². The van der Waals surface area contributed by atoms with Crippen molar-refractivity contribution in [3.05, 3.63) is 27.7 Å². The van der Waals surface area contributed by atoms with Crippen LogP contribution in [0.5, 0.6) is 5.75 Å². The maximum absolute atomic E-state index is 12.9. The van der Waals surface area contributed by atoms with Gasteiger partial charge in [0.25, 0.3) is 0 Å². The molecule has 0 heterocycles. The van der Waals surface area contributed by atoms with Crippen LogP contribution in [0.4, 0.5) is 13.2 Å². The molecular weight excluding hydrogens is 299 g/mol. The predicted molar refractivity (Wildman–Crippen MR) is 62.9 cm³/mol. The van der Waals surface area contributed by atoms with Crippen molar-refractivity contribution in [1.29, 1.82) is 0 Å². The zero-order valence-electron chi connectivity index (χ0n) is 9.65. The second-order valence-corrected chi connectivity index (χ2v) is 5.11. The summed E-state index contributed by atoms with van der Waals surface area (Å²) in [6.07, 6.45) is -4.46. The molecule has 96 valence electrons. The average molecular weight is 312 g/mol. The van der Waals surface area contributed by atoms with Crippen molar-refractivity contribution < 1.29 is 17.9 Å². The summed E-state index contributed by atoms with van der Waals surface area (Å²) in [5.74, 6) is 0.130. The second-order valence-electron chi connectivity index (χ2n) is 4.25. The number of nitrogens with two attached hydrogens (primary N) is 1. The standard InChI is InChI=1S/C11H13BrF3NO/c1-10(2,16)6-4-8(12)9(17-3)5-7(6)11(13,14)15/h4-5H,16H2,1-3H3. The summed E-state index contributed by atoms with van der Waals surface area (Å²) in [7, 11) is 1.31. The Balaban J connectivity index is 3.54. The first-order chi connectivity index (χ1) is 7.57. The van der Waals surface area contributed by atoms with Crippen LogP contribution < -0.4 is 10.5 Å². The molecule has 6 heteroatoms. The molecule has 1 aromatic carbocycles. The number of ether oxygens (including phenoxy) is 1. The third-order valence-electron chi connectivity index (χ3n) is 2.29. The Morgan fingerprint density at radius 3 is 2.06 bits per heavy atom. The fraction of sp³-hybridized carbons (Fsp3) is 0.455. The number of halogens is 4. The molecule has 0 atom stereocenters. The van der Waals surface area contributed by atoms with E-state index >= 15 is 0 Å². The molecule has 0 aliphatic heterocycles. The van der Waals surface area contributed by atoms with Crippen molar-refractivity contribution in [3.63, 3.8) is 0 Å². The average Bonchev–Trinajstić information content (AvgIpc) is 2.14. The number of hydrogen-bond acceptors (Lipinski definition) is 2. The van der Waals surface area contributed by atoms with Gasteiger partial charge >= 0.3 is 6.18 Å². The van der Waals surface area contributed by atoms with Crippen molar-refractivity contribution in [2.75, 3.05) is 7.11 Å². The van der Waals surface area contributed by atoms with E-state index in [2.05, 4.69) is 15.9 Å². The Morgan fingerprint density at radius 1 is 1.18 bits per heavy atom. The summed E-state index contributed by atoms with van der Waals surface area (Å²) in [6.45, 7) is 3.05. The van der Waals surface area contributed by atoms with E-state index in [9.17, 15) is 13.2 Å². The highest BCUT2D eigenvalue weighted by Crippen LogP contribution is 2.40. The monoisotopic (exact) mass is 311 g/mol. The number of rotatable bonds is 2. The number of benzene rings is 1. The van der Waals surface area contributed by atoms with Gasteiger partial charge in [0.2, 0.25) is 0 Å². The first-order valence-corrected chi connectivity index (χ1v) is 5.60. The van der Waals surface area contributed by atoms with Crippen LogP contribution in [0.25, 0.3) is 0 Å². The molecular formula is C11H13BrF3NO. The Bertz CT molecular complexity index is 424. The fourth-order valence-electron chi connectivity index (χ4n) is 1.48. The zero-order chi connectivity index (χ0) is 13.4. The molecule has 0 aliphatic rings. The molecule has 0 radical (unpaired) electrons. The third-order valence-corrected chi connectivity index (χ3v) is 2.91. The molecule has 0 saturated heterocycles. The topological polar surface area (TPSA) is 35.2 Å². The summed E-state index contributed by atoms with van der Waals surface area (Å²) in [5.41, 5.74) is 3.92. The van der Waals surface area contributed by atoms with Crippen LogP contribution >= 0.6 is 15.9 Å². The summed E-state index contributed by atoms with van der Waals surface area (Å²) in [6, 6.07) is 2.30. The quantitative estimate of drug-likeness (QED) is 0.904. The summed E-state index contributed by atoms with van der Waals surface area (Å²) >= 11 is 3.15. The molecule has 1 rings (SSSR count). The van der Waals surface area contributed by atoms with Crippen LogP contribution in [-0.4, -0.2) is 7.11 Å². The van der Waals surface area contributed by atoms with Gasteiger partial charge in [0.15, 0.2) is 0 Å². The van der Waals surface area contributed by atoms with Gasteiger partial charge in [-0.15, -0.1) is 0 Å². The number of methoxy groups -OCH3 is 1. The summed E-state index contributed by atoms with van der Waals surface area (Å²) < 4.78 is 44.0. The SMILES string of the molecule is COc1cc(C(F)(F)F)c(C(C)(C)N)cc1Br. The number of alkyl halides is 3. The molecule has 0 spiro atoms. The maximum atomic E-state index is 12.9. The Kier molecular flexibility index (Phi) is 3.78. The Morgan fingerprint density at radius 2 is 1.71 bits per heavy atom. The van der Waals surface area contributed by atoms with Gasteiger partial charge < -0.3 is 10.5 Å². The molecule has 0 aliphatic carbocycles. The third kappa shape index (κ3) is 3.13. The second kappa shape index (κ2) is 4.49. The lowest BCUT2D eigenvalue weighted by molar-refractivity contribution is -0.138. The van der Waals surface area contributed by atoms with Gasteiger partial charge in [0.05, 0.1) is 17.1 Å². The molecule has 0 amide bonds. The molecule has 1 aromatic rings. The highest BCUT2D eigenvalue weighted by molar-refractivity contribution is 9.10. The van der Waals surface area contributed by atoms with E-state index in [-0.39, 0.29) is 11.3 Å². The summed E-state index contributed by atoms with van der Waals surface area (Å²) in [4.78, 5) is 0. The molecule has 0 fully saturated rings. The molecule has 0 bridgehead atoms. The van der Waals surface area contributed by atoms with E-state index in [1.54, 1.807) is 0 Å². The Hall–Kier alpha value is -0.750. The van der Waals surface area contributed by atoms with Gasteiger partial charge in [-0.2, -0.15) is 13.2 Å². The number of hydrogen-bond donors (Lipinski definition) is 1. The van der Waals surface area contributed by atoms with E-state index in [0.717, 1.165) is 6.07 Å². The van der Waals surface area contributed by atoms with E-state index < -0.39 is 17.3 Å². The van der Waals surface area contributed by atoms with Crippen molar-refractivity contribution in [2.45, 2.75) is 25.6 Å². The van der Waals surface area contributed by atoms with Gasteiger partial charge in [0, 0.05) is 5.54 Å². The predicted octanol–water partition coefficient (Wildman–Crippen LogP) is 3.67. The van der Waals surface area contributed by atoms with Gasteiger partial charge in [-0.25, -0.2) is 0 Å². The van der Waals surface area contributed by atoms with Crippen LogP contribution in [-0.2, 0) is 11.7 Å². The van der Waals surface area contributed by atoms with Gasteiger partial charge in [-0.3, -0.25) is 0 Å². The lowest BCUT2D eigenvalue weighted by Crippen LogP contribution is -2.31. The van der Waals surface area contributed by atoms with Crippen LogP contribution in [0.1, 0.15) is 25.0 Å². The van der Waals surface area contributed by atoms with Crippen LogP contribution in [0.2, 0.25) is 0 Å². The van der Waals surface area contributed by atoms with Crippen LogP contribution in [0, 0.1) is 0 Å². The van der Waals surface area contributed by atoms with E-state index in [1.165, 1.54) is 27.0 Å². The molecule has 17 heavy (non-hydrogen) atoms. The van der Waals surface area contributed by atoms with Crippen molar-refractivity contribution >= 4 is 15.9 Å². The first kappa shape index (κ1) is 14.3. The minimum atomic E-state index is -4.46. The minimum absolute atomic E-state index is 0.0256. The van der Waals surface area contributed by atoms with Gasteiger partial charge in [-0.1, -0.05) is 0 Å². The van der Waals surface area contributed by atoms with Gasteiger partial charge in [-0.05, 0) is 47.5 Å². The van der Waals surface area contributed by atoms with Crippen LogP contribution in [0.3, 0.4) is 0 Å². The highest BCUT2D eigenvalue weighted by Gasteiger charge is 2.37. The molecule has 0 saturated carbocycles. The lowest BCUT2D eigenvalue weighted by Gasteiger charge is -2.25. The zero-order valence-corrected chi connectivity index (χ0v) is 11.2. The van der Waals surface area contributed by atoms with Crippen molar-refractivity contribution in [3.8, 4) is 5.75 Å². The largest absolute Gasteiger partial charge is 0.496 e. The van der Waals surface area contributed by atoms with E-state index in [4.69, 9.17) is 10.5 Å². The lowest BCUT2D eigenvalue weighted by atomic mass is 9.90. The molecule has 2 N–H and O–H groups in total. The van der Waals surface area contributed by atoms with Gasteiger partial charge in [0.1, 0.15) is 5.75 Å². The smallest absolute Gasteiger partial charge is 0.416 e. The first-order valence-electron chi connectivity index (χ1n) is 4.81. The molecule has 2 nitrogen and oxygen atoms in total. The molecule has 0 aromatic heterocycles.